The molecular formula is C21H16BrClN2O5S. The number of carbonyl (C=O) groups excluding carboxylic acids is 1. The Balaban J connectivity index is 1.72. The van der Waals surface area contributed by atoms with Crippen molar-refractivity contribution in [1.82, 2.24) is 4.83 Å². The smallest absolute Gasteiger partial charge is 0.343 e. The van der Waals surface area contributed by atoms with Gasteiger partial charge < -0.3 is 9.47 Å². The van der Waals surface area contributed by atoms with Crippen LogP contribution >= 0.6 is 27.5 Å². The molecule has 10 heteroatoms. The van der Waals surface area contributed by atoms with E-state index in [1.807, 2.05) is 0 Å². The predicted molar refractivity (Wildman–Crippen MR) is 121 cm³/mol. The molecule has 0 aliphatic carbocycles. The first-order chi connectivity index (χ1) is 14.8. The lowest BCUT2D eigenvalue weighted by Gasteiger charge is -2.10. The largest absolute Gasteiger partial charge is 0.493 e. The summed E-state index contributed by atoms with van der Waals surface area (Å²) < 4.78 is 35.9. The minimum Gasteiger partial charge on any atom is -0.493 e. The molecule has 3 aromatic rings. The number of halogens is 2. The minimum absolute atomic E-state index is 0.0291. The SMILES string of the molecule is COc1cc(/C=N\NS(=O)(=O)c2ccc(Cl)cc2)ccc1OC(=O)c1cccc(Br)c1. The van der Waals surface area contributed by atoms with Crippen LogP contribution in [0.2, 0.25) is 5.02 Å². The Bertz CT molecular complexity index is 1230. The van der Waals surface area contributed by atoms with Gasteiger partial charge in [-0.2, -0.15) is 13.5 Å². The summed E-state index contributed by atoms with van der Waals surface area (Å²) in [4.78, 5) is 14.5. The minimum atomic E-state index is -3.83. The van der Waals surface area contributed by atoms with Crippen molar-refractivity contribution in [2.45, 2.75) is 4.90 Å². The molecule has 7 nitrogen and oxygen atoms in total. The number of sulfonamides is 1. The van der Waals surface area contributed by atoms with Crippen molar-refractivity contribution in [3.8, 4) is 11.5 Å². The van der Waals surface area contributed by atoms with Crippen LogP contribution in [0.5, 0.6) is 11.5 Å². The van der Waals surface area contributed by atoms with Crippen LogP contribution in [0.1, 0.15) is 15.9 Å². The van der Waals surface area contributed by atoms with E-state index in [2.05, 4.69) is 25.9 Å². The van der Waals surface area contributed by atoms with Gasteiger partial charge in [-0.3, -0.25) is 0 Å². The number of ether oxygens (including phenoxy) is 2. The molecule has 31 heavy (non-hydrogen) atoms. The van der Waals surface area contributed by atoms with Crippen LogP contribution in [0.15, 0.2) is 81.2 Å². The van der Waals surface area contributed by atoms with E-state index < -0.39 is 16.0 Å². The number of carbonyl (C=O) groups is 1. The number of nitrogens with one attached hydrogen (secondary N) is 1. The van der Waals surface area contributed by atoms with Crippen molar-refractivity contribution in [1.29, 1.82) is 0 Å². The average molecular weight is 524 g/mol. The first-order valence-electron chi connectivity index (χ1n) is 8.75. The molecule has 0 unspecified atom stereocenters. The van der Waals surface area contributed by atoms with E-state index >= 15 is 0 Å². The molecule has 3 aromatic carbocycles. The normalized spacial score (nSPS) is 11.3. The van der Waals surface area contributed by atoms with E-state index in [1.165, 1.54) is 43.7 Å². The van der Waals surface area contributed by atoms with Crippen LogP contribution in [-0.2, 0) is 10.0 Å². The number of methoxy groups -OCH3 is 1. The molecule has 0 bridgehead atoms. The molecule has 160 valence electrons. The fraction of sp³-hybridized carbons (Fsp3) is 0.0476. The molecule has 0 saturated carbocycles. The number of hydrogen-bond donors (Lipinski definition) is 1. The van der Waals surface area contributed by atoms with Crippen molar-refractivity contribution in [3.63, 3.8) is 0 Å². The molecule has 0 saturated heterocycles. The van der Waals surface area contributed by atoms with Gasteiger partial charge in [0, 0.05) is 9.50 Å². The first-order valence-corrected chi connectivity index (χ1v) is 11.4. The number of rotatable bonds is 7. The van der Waals surface area contributed by atoms with Crippen molar-refractivity contribution in [2.24, 2.45) is 5.10 Å². The highest BCUT2D eigenvalue weighted by Gasteiger charge is 2.14. The summed E-state index contributed by atoms with van der Waals surface area (Å²) in [5.74, 6) is -0.0454. The molecule has 0 radical (unpaired) electrons. The second-order valence-electron chi connectivity index (χ2n) is 6.12. The van der Waals surface area contributed by atoms with Crippen LogP contribution in [0.3, 0.4) is 0 Å². The highest BCUT2D eigenvalue weighted by atomic mass is 79.9. The Morgan fingerprint density at radius 1 is 1.06 bits per heavy atom. The van der Waals surface area contributed by atoms with Gasteiger partial charge in [0.15, 0.2) is 11.5 Å². The molecule has 1 N–H and O–H groups in total. The number of benzene rings is 3. The van der Waals surface area contributed by atoms with E-state index in [-0.39, 0.29) is 16.4 Å². The van der Waals surface area contributed by atoms with Crippen LogP contribution in [0, 0.1) is 0 Å². The highest BCUT2D eigenvalue weighted by Crippen LogP contribution is 2.28. The van der Waals surface area contributed by atoms with Gasteiger partial charge in [-0.15, -0.1) is 0 Å². The van der Waals surface area contributed by atoms with Gasteiger partial charge in [-0.25, -0.2) is 9.63 Å². The number of hydrazone groups is 1. The Morgan fingerprint density at radius 3 is 2.48 bits per heavy atom. The van der Waals surface area contributed by atoms with Crippen LogP contribution in [0.25, 0.3) is 0 Å². The maximum atomic E-state index is 12.3. The quantitative estimate of drug-likeness (QED) is 0.211. The second kappa shape index (κ2) is 9.95. The Labute approximate surface area is 192 Å². The van der Waals surface area contributed by atoms with Gasteiger partial charge in [0.1, 0.15) is 0 Å². The molecule has 0 spiro atoms. The number of hydrogen-bond acceptors (Lipinski definition) is 6. The topological polar surface area (TPSA) is 94.1 Å². The molecule has 0 heterocycles. The van der Waals surface area contributed by atoms with Crippen LogP contribution in [-0.4, -0.2) is 27.7 Å². The summed E-state index contributed by atoms with van der Waals surface area (Å²) in [6, 6.07) is 17.2. The Kier molecular flexibility index (Phi) is 7.32. The maximum Gasteiger partial charge on any atom is 0.343 e. The number of esters is 1. The van der Waals surface area contributed by atoms with Gasteiger partial charge in [0.25, 0.3) is 10.0 Å². The Morgan fingerprint density at radius 2 is 1.81 bits per heavy atom. The number of nitrogens with zero attached hydrogens (tertiary/aromatic N) is 1. The fourth-order valence-electron chi connectivity index (χ4n) is 2.46. The standard InChI is InChI=1S/C21H16BrClN2O5S/c1-29-20-11-14(13-24-25-31(27,28)18-8-6-17(23)7-9-18)5-10-19(20)30-21(26)15-3-2-4-16(22)12-15/h2-13,25H,1H3/b24-13-. The summed E-state index contributed by atoms with van der Waals surface area (Å²) >= 11 is 9.08. The van der Waals surface area contributed by atoms with E-state index in [1.54, 1.807) is 36.4 Å². The van der Waals surface area contributed by atoms with E-state index in [0.717, 1.165) is 4.47 Å². The molecular weight excluding hydrogens is 508 g/mol. The van der Waals surface area contributed by atoms with Crippen molar-refractivity contribution in [2.75, 3.05) is 7.11 Å². The lowest BCUT2D eigenvalue weighted by molar-refractivity contribution is 0.0729. The monoisotopic (exact) mass is 522 g/mol. The second-order valence-corrected chi connectivity index (χ2v) is 9.13. The van der Waals surface area contributed by atoms with E-state index in [4.69, 9.17) is 21.1 Å². The third kappa shape index (κ3) is 6.06. The fourth-order valence-corrected chi connectivity index (χ4v) is 3.78. The molecule has 0 amide bonds. The third-order valence-electron chi connectivity index (χ3n) is 3.96. The van der Waals surface area contributed by atoms with Gasteiger partial charge in [0.05, 0.1) is 23.8 Å². The lowest BCUT2D eigenvalue weighted by atomic mass is 10.2. The highest BCUT2D eigenvalue weighted by molar-refractivity contribution is 9.10. The summed E-state index contributed by atoms with van der Waals surface area (Å²) in [5, 5.41) is 4.20. The summed E-state index contributed by atoms with van der Waals surface area (Å²) in [6.07, 6.45) is 1.30. The lowest BCUT2D eigenvalue weighted by Crippen LogP contribution is -2.18. The van der Waals surface area contributed by atoms with Gasteiger partial charge >= 0.3 is 5.97 Å². The summed E-state index contributed by atoms with van der Waals surface area (Å²) in [5.41, 5.74) is 0.900. The molecule has 0 aromatic heterocycles. The zero-order valence-corrected chi connectivity index (χ0v) is 19.2. The van der Waals surface area contributed by atoms with Gasteiger partial charge in [-0.1, -0.05) is 33.6 Å². The zero-order chi connectivity index (χ0) is 22.4. The Hall–Kier alpha value is -2.88. The third-order valence-corrected chi connectivity index (χ3v) is 5.94. The molecule has 0 atom stereocenters. The predicted octanol–water partition coefficient (Wildman–Crippen LogP) is 4.64. The molecule has 3 rings (SSSR count). The van der Waals surface area contributed by atoms with E-state index in [0.29, 0.717) is 16.1 Å². The maximum absolute atomic E-state index is 12.3. The van der Waals surface area contributed by atoms with Gasteiger partial charge in [-0.05, 0) is 66.2 Å². The molecule has 0 fully saturated rings. The van der Waals surface area contributed by atoms with Crippen molar-refractivity contribution < 1.29 is 22.7 Å². The molecule has 0 aliphatic heterocycles. The first kappa shape index (κ1) is 22.8. The summed E-state index contributed by atoms with van der Waals surface area (Å²) in [7, 11) is -2.41. The van der Waals surface area contributed by atoms with Gasteiger partial charge in [0.2, 0.25) is 0 Å². The zero-order valence-electron chi connectivity index (χ0n) is 16.1. The van der Waals surface area contributed by atoms with Crippen molar-refractivity contribution >= 4 is 49.7 Å². The summed E-state index contributed by atoms with van der Waals surface area (Å²) in [6.45, 7) is 0. The average Bonchev–Trinajstić information content (AvgIpc) is 2.74. The van der Waals surface area contributed by atoms with Crippen LogP contribution in [0.4, 0.5) is 0 Å². The van der Waals surface area contributed by atoms with Crippen molar-refractivity contribution in [3.05, 3.63) is 87.4 Å². The van der Waals surface area contributed by atoms with Crippen LogP contribution < -0.4 is 14.3 Å². The van der Waals surface area contributed by atoms with E-state index in [9.17, 15) is 13.2 Å². The molecule has 0 aliphatic rings.